The number of rotatable bonds is 3. The minimum absolute atomic E-state index is 0.185. The monoisotopic (exact) mass is 343 g/mol. The van der Waals surface area contributed by atoms with Gasteiger partial charge in [-0.2, -0.15) is 0 Å². The van der Waals surface area contributed by atoms with Crippen LogP contribution in [0.2, 0.25) is 0 Å². The van der Waals surface area contributed by atoms with Gasteiger partial charge in [0.2, 0.25) is 5.91 Å². The van der Waals surface area contributed by atoms with Gasteiger partial charge in [-0.15, -0.1) is 0 Å². The van der Waals surface area contributed by atoms with Crippen molar-refractivity contribution >= 4 is 5.91 Å². The van der Waals surface area contributed by atoms with Crippen molar-refractivity contribution in [3.8, 4) is 0 Å². The number of amides is 1. The lowest BCUT2D eigenvalue weighted by molar-refractivity contribution is -0.132. The van der Waals surface area contributed by atoms with Crippen molar-refractivity contribution in [2.24, 2.45) is 0 Å². The lowest BCUT2D eigenvalue weighted by Gasteiger charge is -2.28. The Morgan fingerprint density at radius 3 is 2.64 bits per heavy atom. The van der Waals surface area contributed by atoms with E-state index in [1.165, 1.54) is 11.1 Å². The molecule has 1 amide bonds. The van der Waals surface area contributed by atoms with Gasteiger partial charge in [0.25, 0.3) is 0 Å². The SMILES string of the molecule is O=C(C[C@@H]1COCCN1)N1CCCN(C2Cc3ccccc3C2)CC1. The summed E-state index contributed by atoms with van der Waals surface area (Å²) < 4.78 is 5.47. The molecule has 0 bridgehead atoms. The third kappa shape index (κ3) is 4.05. The van der Waals surface area contributed by atoms with E-state index in [-0.39, 0.29) is 11.9 Å². The fourth-order valence-corrected chi connectivity index (χ4v) is 4.44. The lowest BCUT2D eigenvalue weighted by atomic mass is 10.1. The lowest BCUT2D eigenvalue weighted by Crippen LogP contribution is -2.46. The number of benzene rings is 1. The third-order valence-corrected chi connectivity index (χ3v) is 5.85. The number of carbonyl (C=O) groups is 1. The molecule has 1 aromatic carbocycles. The summed E-state index contributed by atoms with van der Waals surface area (Å²) in [5, 5.41) is 3.39. The second-order valence-electron chi connectivity index (χ2n) is 7.53. The zero-order valence-electron chi connectivity index (χ0n) is 15.0. The van der Waals surface area contributed by atoms with Gasteiger partial charge in [0.15, 0.2) is 0 Å². The summed E-state index contributed by atoms with van der Waals surface area (Å²) in [6.45, 7) is 6.13. The summed E-state index contributed by atoms with van der Waals surface area (Å²) in [5.41, 5.74) is 3.01. The molecule has 0 saturated carbocycles. The first-order valence-corrected chi connectivity index (χ1v) is 9.69. The molecular weight excluding hydrogens is 314 g/mol. The molecule has 2 saturated heterocycles. The van der Waals surface area contributed by atoms with Gasteiger partial charge in [-0.3, -0.25) is 9.69 Å². The highest BCUT2D eigenvalue weighted by Crippen LogP contribution is 2.26. The number of hydrogen-bond acceptors (Lipinski definition) is 4. The molecule has 0 radical (unpaired) electrons. The molecule has 1 aromatic rings. The molecule has 1 atom stereocenters. The molecule has 25 heavy (non-hydrogen) atoms. The quantitative estimate of drug-likeness (QED) is 0.892. The van der Waals surface area contributed by atoms with Crippen LogP contribution >= 0.6 is 0 Å². The largest absolute Gasteiger partial charge is 0.378 e. The van der Waals surface area contributed by atoms with Gasteiger partial charge in [-0.25, -0.2) is 0 Å². The van der Waals surface area contributed by atoms with Crippen molar-refractivity contribution in [3.63, 3.8) is 0 Å². The summed E-state index contributed by atoms with van der Waals surface area (Å²) >= 11 is 0. The highest BCUT2D eigenvalue weighted by atomic mass is 16.5. The Labute approximate surface area is 150 Å². The molecule has 136 valence electrons. The van der Waals surface area contributed by atoms with Crippen LogP contribution in [-0.2, 0) is 22.4 Å². The van der Waals surface area contributed by atoms with Gasteiger partial charge in [0, 0.05) is 51.2 Å². The summed E-state index contributed by atoms with van der Waals surface area (Å²) in [6, 6.07) is 9.62. The average Bonchev–Trinajstić information content (AvgIpc) is 2.91. The van der Waals surface area contributed by atoms with Crippen LogP contribution in [0.3, 0.4) is 0 Å². The molecule has 2 aliphatic heterocycles. The van der Waals surface area contributed by atoms with E-state index in [4.69, 9.17) is 4.74 Å². The molecule has 5 nitrogen and oxygen atoms in total. The molecule has 0 aromatic heterocycles. The van der Waals surface area contributed by atoms with E-state index >= 15 is 0 Å². The van der Waals surface area contributed by atoms with E-state index in [0.29, 0.717) is 19.1 Å². The molecule has 2 fully saturated rings. The summed E-state index contributed by atoms with van der Waals surface area (Å²) in [7, 11) is 0. The van der Waals surface area contributed by atoms with Crippen LogP contribution in [0.1, 0.15) is 24.0 Å². The van der Waals surface area contributed by atoms with E-state index in [1.54, 1.807) is 0 Å². The van der Waals surface area contributed by atoms with Gasteiger partial charge in [0.05, 0.1) is 13.2 Å². The molecule has 2 heterocycles. The summed E-state index contributed by atoms with van der Waals surface area (Å²) in [6.07, 6.45) is 3.96. The number of ether oxygens (including phenoxy) is 1. The standard InChI is InChI=1S/C20H29N3O2/c24-20(14-18-15-25-11-6-21-18)23-8-3-7-22(9-10-23)19-12-16-4-1-2-5-17(16)13-19/h1-2,4-5,18-19,21H,3,6-15H2/t18-/m1/s1. The minimum atomic E-state index is 0.185. The number of fused-ring (bicyclic) bond motifs is 1. The van der Waals surface area contributed by atoms with E-state index < -0.39 is 0 Å². The average molecular weight is 343 g/mol. The summed E-state index contributed by atoms with van der Waals surface area (Å²) in [4.78, 5) is 17.3. The first-order valence-electron chi connectivity index (χ1n) is 9.69. The van der Waals surface area contributed by atoms with Crippen molar-refractivity contribution in [1.82, 2.24) is 15.1 Å². The maximum atomic E-state index is 12.6. The molecule has 1 aliphatic carbocycles. The van der Waals surface area contributed by atoms with Crippen molar-refractivity contribution in [1.29, 1.82) is 0 Å². The fraction of sp³-hybridized carbons (Fsp3) is 0.650. The van der Waals surface area contributed by atoms with E-state index in [9.17, 15) is 4.79 Å². The van der Waals surface area contributed by atoms with Gasteiger partial charge in [-0.05, 0) is 30.4 Å². The molecule has 1 N–H and O–H groups in total. The normalized spacial score (nSPS) is 25.6. The zero-order valence-corrected chi connectivity index (χ0v) is 15.0. The minimum Gasteiger partial charge on any atom is -0.378 e. The topological polar surface area (TPSA) is 44.8 Å². The van der Waals surface area contributed by atoms with Crippen molar-refractivity contribution in [2.45, 2.75) is 37.8 Å². The van der Waals surface area contributed by atoms with Crippen LogP contribution in [0, 0.1) is 0 Å². The molecular formula is C20H29N3O2. The van der Waals surface area contributed by atoms with E-state index in [1.807, 2.05) is 0 Å². The first-order chi connectivity index (χ1) is 12.3. The second-order valence-corrected chi connectivity index (χ2v) is 7.53. The zero-order chi connectivity index (χ0) is 17.1. The van der Waals surface area contributed by atoms with E-state index in [2.05, 4.69) is 39.4 Å². The Morgan fingerprint density at radius 2 is 1.92 bits per heavy atom. The molecule has 0 spiro atoms. The smallest absolute Gasteiger partial charge is 0.224 e. The Balaban J connectivity index is 1.29. The van der Waals surface area contributed by atoms with E-state index in [0.717, 1.165) is 58.6 Å². The summed E-state index contributed by atoms with van der Waals surface area (Å²) in [5.74, 6) is 0.277. The van der Waals surface area contributed by atoms with Gasteiger partial charge in [-0.1, -0.05) is 24.3 Å². The first kappa shape index (κ1) is 17.0. The maximum Gasteiger partial charge on any atom is 0.224 e. The number of nitrogens with one attached hydrogen (secondary N) is 1. The number of morpholine rings is 1. The van der Waals surface area contributed by atoms with Gasteiger partial charge < -0.3 is 15.0 Å². The molecule has 0 unspecified atom stereocenters. The second kappa shape index (κ2) is 7.85. The van der Waals surface area contributed by atoms with Gasteiger partial charge in [0.1, 0.15) is 0 Å². The van der Waals surface area contributed by atoms with Crippen molar-refractivity contribution in [2.75, 3.05) is 45.9 Å². The highest BCUT2D eigenvalue weighted by molar-refractivity contribution is 5.76. The Morgan fingerprint density at radius 1 is 1.12 bits per heavy atom. The predicted molar refractivity (Wildman–Crippen MR) is 97.6 cm³/mol. The fourth-order valence-electron chi connectivity index (χ4n) is 4.44. The number of hydrogen-bond donors (Lipinski definition) is 1. The number of nitrogens with zero attached hydrogens (tertiary/aromatic N) is 2. The van der Waals surface area contributed by atoms with Crippen LogP contribution in [0.15, 0.2) is 24.3 Å². The Hall–Kier alpha value is -1.43. The molecule has 3 aliphatic rings. The number of carbonyl (C=O) groups excluding carboxylic acids is 1. The Bertz CT molecular complexity index is 575. The van der Waals surface area contributed by atoms with Crippen LogP contribution in [0.4, 0.5) is 0 Å². The molecule has 4 rings (SSSR count). The maximum absolute atomic E-state index is 12.6. The highest BCUT2D eigenvalue weighted by Gasteiger charge is 2.29. The van der Waals surface area contributed by atoms with Gasteiger partial charge >= 0.3 is 0 Å². The third-order valence-electron chi connectivity index (χ3n) is 5.85. The van der Waals surface area contributed by atoms with Crippen LogP contribution < -0.4 is 5.32 Å². The van der Waals surface area contributed by atoms with Crippen LogP contribution in [0.25, 0.3) is 0 Å². The van der Waals surface area contributed by atoms with Crippen LogP contribution in [-0.4, -0.2) is 73.7 Å². The van der Waals surface area contributed by atoms with Crippen molar-refractivity contribution in [3.05, 3.63) is 35.4 Å². The van der Waals surface area contributed by atoms with Crippen molar-refractivity contribution < 1.29 is 9.53 Å². The molecule has 5 heteroatoms. The van der Waals surface area contributed by atoms with Crippen LogP contribution in [0.5, 0.6) is 0 Å². The predicted octanol–water partition coefficient (Wildman–Crippen LogP) is 1.07. The Kier molecular flexibility index (Phi) is 5.34.